The van der Waals surface area contributed by atoms with Gasteiger partial charge in [0.05, 0.1) is 17.4 Å². The molecule has 3 aromatic heterocycles. The normalized spacial score (nSPS) is 16.7. The number of aryl methyl sites for hydroxylation is 1. The number of carbonyl (C=O) groups is 2. The van der Waals surface area contributed by atoms with Crippen molar-refractivity contribution in [1.29, 1.82) is 0 Å². The highest BCUT2D eigenvalue weighted by Crippen LogP contribution is 2.38. The Morgan fingerprint density at radius 1 is 1.02 bits per heavy atom. The third-order valence-electron chi connectivity index (χ3n) is 11.5. The molecule has 2 aliphatic heterocycles. The number of amides is 2. The van der Waals surface area contributed by atoms with Crippen molar-refractivity contribution in [3.05, 3.63) is 77.7 Å². The second-order valence-electron chi connectivity index (χ2n) is 15.8. The number of alkyl halides is 6. The number of hydrogen-bond donors (Lipinski definition) is 2. The van der Waals surface area contributed by atoms with E-state index >= 15 is 0 Å². The Morgan fingerprint density at radius 2 is 1.77 bits per heavy atom. The van der Waals surface area contributed by atoms with Gasteiger partial charge in [0, 0.05) is 80.5 Å². The molecule has 2 amide bonds. The smallest absolute Gasteiger partial charge is 0.351 e. The third-order valence-corrected chi connectivity index (χ3v) is 12.5. The number of anilines is 2. The van der Waals surface area contributed by atoms with Crippen molar-refractivity contribution in [2.45, 2.75) is 87.2 Å². The van der Waals surface area contributed by atoms with Crippen LogP contribution in [-0.2, 0) is 31.0 Å². The zero-order chi connectivity index (χ0) is 44.2. The van der Waals surface area contributed by atoms with E-state index in [0.717, 1.165) is 66.8 Å². The van der Waals surface area contributed by atoms with E-state index in [4.69, 9.17) is 0 Å². The summed E-state index contributed by atoms with van der Waals surface area (Å²) in [5, 5.41) is 14.9. The van der Waals surface area contributed by atoms with E-state index in [-0.39, 0.29) is 36.6 Å². The molecule has 7 rings (SSSR count). The summed E-state index contributed by atoms with van der Waals surface area (Å²) < 4.78 is 84.7. The minimum absolute atomic E-state index is 0.0330. The van der Waals surface area contributed by atoms with Gasteiger partial charge in [-0.05, 0) is 105 Å². The van der Waals surface area contributed by atoms with Crippen LogP contribution in [0, 0.1) is 0 Å². The molecule has 5 aromatic rings. The number of hydrogen-bond acceptors (Lipinski definition) is 10. The number of halogens is 6. The van der Waals surface area contributed by atoms with Gasteiger partial charge >= 0.3 is 18.4 Å². The zero-order valence-electron chi connectivity index (χ0n) is 34.6. The highest BCUT2D eigenvalue weighted by atomic mass is 32.2. The molecule has 2 aliphatic rings. The van der Waals surface area contributed by atoms with Crippen molar-refractivity contribution in [3.8, 4) is 11.3 Å². The van der Waals surface area contributed by atoms with E-state index in [9.17, 15) is 35.9 Å². The van der Waals surface area contributed by atoms with Crippen molar-refractivity contribution in [1.82, 2.24) is 44.1 Å². The monoisotopic (exact) mass is 885 g/mol. The van der Waals surface area contributed by atoms with Crippen molar-refractivity contribution in [3.63, 3.8) is 0 Å². The minimum atomic E-state index is -4.82. The Kier molecular flexibility index (Phi) is 13.8. The van der Waals surface area contributed by atoms with Crippen LogP contribution in [0.1, 0.15) is 61.6 Å². The lowest BCUT2D eigenvalue weighted by atomic mass is 9.88. The second kappa shape index (κ2) is 19.0. The maximum absolute atomic E-state index is 13.8. The molecule has 5 heterocycles. The summed E-state index contributed by atoms with van der Waals surface area (Å²) >= 11 is 1.67. The standard InChI is InChI=1S/C42H49F6N11O2S/c1-27(56-15-10-29(11-16-56)30-8-9-34-36(22-30)55(3)54-38(34)59(14-5-19-60)40(61)49-2)20-28-6-4-7-33(21-28)62-58-17-12-32(13-18-58)52-39-50-24-35(42(46,47)48)37(53-39)31-23-51-57(25-31)26-41(43,44)45/h4,6-9,19,21-25,27,29,32H,5,10-18,20,26H2,1-3H3,(H,49,61)(H,50,52,53). The number of carbonyl (C=O) groups excluding carboxylic acids is 2. The lowest BCUT2D eigenvalue weighted by Gasteiger charge is -2.36. The maximum Gasteiger partial charge on any atom is 0.419 e. The maximum atomic E-state index is 13.8. The number of rotatable bonds is 14. The molecule has 2 saturated heterocycles. The van der Waals surface area contributed by atoms with Gasteiger partial charge in [0.2, 0.25) is 5.95 Å². The molecule has 0 aliphatic carbocycles. The van der Waals surface area contributed by atoms with Crippen molar-refractivity contribution < 1.29 is 35.9 Å². The summed E-state index contributed by atoms with van der Waals surface area (Å²) in [6, 6.07) is 14.8. The molecule has 62 heavy (non-hydrogen) atoms. The fourth-order valence-electron chi connectivity index (χ4n) is 8.26. The van der Waals surface area contributed by atoms with Gasteiger partial charge in [0.1, 0.15) is 18.4 Å². The fourth-order valence-corrected chi connectivity index (χ4v) is 9.30. The van der Waals surface area contributed by atoms with Crippen LogP contribution in [0.15, 0.2) is 66.0 Å². The predicted octanol–water partition coefficient (Wildman–Crippen LogP) is 7.94. The molecule has 0 radical (unpaired) electrons. The molecule has 1 atom stereocenters. The van der Waals surface area contributed by atoms with E-state index in [1.807, 2.05) is 13.1 Å². The van der Waals surface area contributed by atoms with Crippen molar-refractivity contribution >= 4 is 46.9 Å². The SMILES string of the molecule is CNC(=O)N(CCC=O)c1nn(C)c2cc(C3CCN(C(C)Cc4cccc(SN5CCC(Nc6ncc(C(F)(F)F)c(-c7cnn(CC(F)(F)F)c7)n6)CC5)c4)CC3)ccc12. The molecule has 13 nitrogen and oxygen atoms in total. The number of urea groups is 1. The molecule has 2 fully saturated rings. The third kappa shape index (κ3) is 10.9. The van der Waals surface area contributed by atoms with Gasteiger partial charge in [-0.2, -0.15) is 36.5 Å². The van der Waals surface area contributed by atoms with Gasteiger partial charge in [0.15, 0.2) is 5.82 Å². The summed E-state index contributed by atoms with van der Waals surface area (Å²) in [6.07, 6.45) is -1.60. The Bertz CT molecular complexity index is 2340. The van der Waals surface area contributed by atoms with Crippen LogP contribution in [-0.4, -0.2) is 109 Å². The number of nitrogens with one attached hydrogen (secondary N) is 2. The van der Waals surface area contributed by atoms with Crippen LogP contribution in [0.2, 0.25) is 0 Å². The molecule has 332 valence electrons. The number of aromatic nitrogens is 6. The Labute approximate surface area is 359 Å². The summed E-state index contributed by atoms with van der Waals surface area (Å²) in [6.45, 7) is 4.44. The largest absolute Gasteiger partial charge is 0.419 e. The molecule has 0 bridgehead atoms. The first-order valence-electron chi connectivity index (χ1n) is 20.5. The lowest BCUT2D eigenvalue weighted by molar-refractivity contribution is -0.142. The van der Waals surface area contributed by atoms with Gasteiger partial charge in [-0.15, -0.1) is 0 Å². The fraction of sp³-hybridized carbons (Fsp3) is 0.476. The van der Waals surface area contributed by atoms with Gasteiger partial charge in [0.25, 0.3) is 0 Å². The van der Waals surface area contributed by atoms with Crippen LogP contribution >= 0.6 is 11.9 Å². The summed E-state index contributed by atoms with van der Waals surface area (Å²) in [7, 11) is 3.43. The quantitative estimate of drug-likeness (QED) is 0.0645. The molecule has 1 unspecified atom stereocenters. The van der Waals surface area contributed by atoms with Crippen molar-refractivity contribution in [2.24, 2.45) is 7.05 Å². The predicted molar refractivity (Wildman–Crippen MR) is 225 cm³/mol. The Hall–Kier alpha value is -5.21. The Balaban J connectivity index is 0.900. The number of aldehydes is 1. The second-order valence-corrected chi connectivity index (χ2v) is 17.0. The first-order chi connectivity index (χ1) is 29.6. The average Bonchev–Trinajstić information content (AvgIpc) is 3.83. The molecule has 2 N–H and O–H groups in total. The summed E-state index contributed by atoms with van der Waals surface area (Å²) in [5.41, 5.74) is 1.56. The number of nitrogens with zero attached hydrogens (tertiary/aromatic N) is 9. The van der Waals surface area contributed by atoms with Crippen LogP contribution in [0.4, 0.5) is 42.9 Å². The number of benzene rings is 2. The van der Waals surface area contributed by atoms with E-state index in [1.54, 1.807) is 23.7 Å². The number of piperidine rings is 2. The highest BCUT2D eigenvalue weighted by molar-refractivity contribution is 7.97. The molecular formula is C42H49F6N11O2S. The summed E-state index contributed by atoms with van der Waals surface area (Å²) in [4.78, 5) is 36.9. The number of likely N-dealkylation sites (tertiary alicyclic amines) is 1. The van der Waals surface area contributed by atoms with Crippen LogP contribution in [0.25, 0.3) is 22.2 Å². The lowest BCUT2D eigenvalue weighted by Crippen LogP contribution is -2.40. The van der Waals surface area contributed by atoms with Gasteiger partial charge < -0.3 is 20.3 Å². The van der Waals surface area contributed by atoms with Crippen LogP contribution in [0.5, 0.6) is 0 Å². The molecule has 2 aromatic carbocycles. The topological polar surface area (TPSA) is 129 Å². The first-order valence-corrected chi connectivity index (χ1v) is 21.3. The van der Waals surface area contributed by atoms with E-state index < -0.39 is 30.2 Å². The molecule has 0 spiro atoms. The highest BCUT2D eigenvalue weighted by Gasteiger charge is 2.37. The average molecular weight is 886 g/mol. The molecule has 20 heteroatoms. The van der Waals surface area contributed by atoms with E-state index in [1.165, 1.54) is 16.0 Å². The Morgan fingerprint density at radius 3 is 2.47 bits per heavy atom. The molecular weight excluding hydrogens is 837 g/mol. The summed E-state index contributed by atoms with van der Waals surface area (Å²) in [5.74, 6) is 0.900. The van der Waals surface area contributed by atoms with Gasteiger partial charge in [-0.1, -0.05) is 18.2 Å². The van der Waals surface area contributed by atoms with E-state index in [0.29, 0.717) is 54.6 Å². The van der Waals surface area contributed by atoms with Crippen LogP contribution < -0.4 is 15.5 Å². The zero-order valence-corrected chi connectivity index (χ0v) is 35.4. The van der Waals surface area contributed by atoms with Gasteiger partial charge in [-0.25, -0.2) is 19.1 Å². The minimum Gasteiger partial charge on any atom is -0.351 e. The molecule has 0 saturated carbocycles. The van der Waals surface area contributed by atoms with Gasteiger partial charge in [-0.3, -0.25) is 14.3 Å². The van der Waals surface area contributed by atoms with E-state index in [2.05, 4.69) is 83.3 Å². The van der Waals surface area contributed by atoms with Crippen LogP contribution in [0.3, 0.4) is 0 Å². The number of fused-ring (bicyclic) bond motifs is 1. The first kappa shape index (κ1) is 44.8. The van der Waals surface area contributed by atoms with Crippen molar-refractivity contribution in [2.75, 3.05) is 50.0 Å².